The number of allylic oxidation sites excluding steroid dienone is 2. The minimum Gasteiger partial charge on any atom is -0.469 e. The van der Waals surface area contributed by atoms with Gasteiger partial charge in [-0.1, -0.05) is 84.3 Å². The summed E-state index contributed by atoms with van der Waals surface area (Å²) < 4.78 is 19.1. The Morgan fingerprint density at radius 2 is 1.57 bits per heavy atom. The van der Waals surface area contributed by atoms with E-state index in [1.165, 1.54) is 51.2 Å². The number of rotatable bonds is 8. The van der Waals surface area contributed by atoms with Crippen molar-refractivity contribution in [2.24, 2.45) is 23.7 Å². The molecular formula is C34H60O4Si2. The Bertz CT molecular complexity index is 953. The molecule has 1 unspecified atom stereocenters. The topological polar surface area (TPSA) is 44.8 Å². The highest BCUT2D eigenvalue weighted by molar-refractivity contribution is 6.74. The Morgan fingerprint density at radius 1 is 0.950 bits per heavy atom. The van der Waals surface area contributed by atoms with Gasteiger partial charge in [-0.2, -0.15) is 0 Å². The molecule has 0 aromatic heterocycles. The van der Waals surface area contributed by atoms with E-state index in [1.807, 2.05) is 0 Å². The monoisotopic (exact) mass is 588 g/mol. The van der Waals surface area contributed by atoms with Crippen molar-refractivity contribution in [3.63, 3.8) is 0 Å². The van der Waals surface area contributed by atoms with Gasteiger partial charge in [0, 0.05) is 12.3 Å². The maximum absolute atomic E-state index is 11.6. The summed E-state index contributed by atoms with van der Waals surface area (Å²) in [5.74, 6) is 9.51. The minimum atomic E-state index is -1.95. The third-order valence-electron chi connectivity index (χ3n) is 11.0. The first-order valence-corrected chi connectivity index (χ1v) is 21.9. The third kappa shape index (κ3) is 8.14. The van der Waals surface area contributed by atoms with Crippen molar-refractivity contribution in [3.05, 3.63) is 11.6 Å². The number of carbonyl (C=O) groups excluding carboxylic acids is 1. The Balaban J connectivity index is 1.89. The van der Waals surface area contributed by atoms with Crippen LogP contribution in [-0.2, 0) is 18.4 Å². The van der Waals surface area contributed by atoms with Crippen LogP contribution in [0.25, 0.3) is 0 Å². The predicted molar refractivity (Wildman–Crippen MR) is 172 cm³/mol. The SMILES string of the molecule is COC(=O)CC/C=C1/C[C@@H]2[C@@H](C#CC(O[Si](C)(C)C(C)(C)C)C3CCCCC3)[C@H](O[Si](C)(C)C(C)(C)C)CC[C@H]12. The van der Waals surface area contributed by atoms with E-state index in [-0.39, 0.29) is 34.2 Å². The molecular weight excluding hydrogens is 529 g/mol. The first-order valence-electron chi connectivity index (χ1n) is 16.1. The normalized spacial score (nSPS) is 28.2. The zero-order valence-corrected chi connectivity index (χ0v) is 29.7. The largest absolute Gasteiger partial charge is 0.469 e. The van der Waals surface area contributed by atoms with Gasteiger partial charge in [-0.05, 0) is 92.5 Å². The summed E-state index contributed by atoms with van der Waals surface area (Å²) >= 11 is 0. The molecule has 0 aromatic carbocycles. The highest BCUT2D eigenvalue weighted by Gasteiger charge is 2.50. The van der Waals surface area contributed by atoms with E-state index < -0.39 is 16.6 Å². The molecule has 3 saturated carbocycles. The summed E-state index contributed by atoms with van der Waals surface area (Å²) in [4.78, 5) is 11.6. The molecule has 5 atom stereocenters. The van der Waals surface area contributed by atoms with E-state index in [0.717, 1.165) is 19.3 Å². The molecule has 0 aliphatic heterocycles. The number of methoxy groups -OCH3 is 1. The van der Waals surface area contributed by atoms with E-state index in [1.54, 1.807) is 0 Å². The number of hydrogen-bond donors (Lipinski definition) is 0. The number of esters is 1. The molecule has 4 nitrogen and oxygen atoms in total. The van der Waals surface area contributed by atoms with Gasteiger partial charge in [-0.15, -0.1) is 0 Å². The van der Waals surface area contributed by atoms with E-state index in [4.69, 9.17) is 13.6 Å². The molecule has 0 radical (unpaired) electrons. The lowest BCUT2D eigenvalue weighted by Crippen LogP contribution is -2.51. The van der Waals surface area contributed by atoms with Gasteiger partial charge in [0.15, 0.2) is 16.6 Å². The fraction of sp³-hybridized carbons (Fsp3) is 0.853. The standard InChI is InChI=1S/C34H60O4Si2/c1-33(2,3)39(8,9)37-30(25-16-13-12-14-17-25)22-21-28-29-24-26(18-15-19-32(35)36-7)27(29)20-23-31(28)38-40(10,11)34(4,5)6/h18,25,27-31H,12-17,19-20,23-24H2,1-11H3/b26-18-/t27-,28-,29+,30?,31-/m1/s1. The van der Waals surface area contributed by atoms with Crippen molar-refractivity contribution in [2.45, 2.75) is 154 Å². The molecule has 0 amide bonds. The molecule has 3 fully saturated rings. The lowest BCUT2D eigenvalue weighted by molar-refractivity contribution is -0.140. The average molecular weight is 589 g/mol. The molecule has 0 heterocycles. The maximum atomic E-state index is 11.6. The number of fused-ring (bicyclic) bond motifs is 1. The van der Waals surface area contributed by atoms with Crippen LogP contribution in [-0.4, -0.2) is 41.9 Å². The van der Waals surface area contributed by atoms with E-state index in [0.29, 0.717) is 24.2 Å². The summed E-state index contributed by atoms with van der Waals surface area (Å²) in [6, 6.07) is 0. The van der Waals surface area contributed by atoms with Crippen LogP contribution in [0.2, 0.25) is 36.3 Å². The molecule has 228 valence electrons. The van der Waals surface area contributed by atoms with Gasteiger partial charge in [0.2, 0.25) is 0 Å². The van der Waals surface area contributed by atoms with Crippen molar-refractivity contribution in [1.29, 1.82) is 0 Å². The van der Waals surface area contributed by atoms with Crippen LogP contribution in [0.4, 0.5) is 0 Å². The van der Waals surface area contributed by atoms with Crippen molar-refractivity contribution in [3.8, 4) is 11.8 Å². The molecule has 0 bridgehead atoms. The third-order valence-corrected chi connectivity index (χ3v) is 20.0. The second-order valence-corrected chi connectivity index (χ2v) is 25.4. The molecule has 3 aliphatic carbocycles. The number of carbonyl (C=O) groups is 1. The van der Waals surface area contributed by atoms with Crippen LogP contribution in [0.5, 0.6) is 0 Å². The van der Waals surface area contributed by atoms with Gasteiger partial charge in [-0.25, -0.2) is 0 Å². The van der Waals surface area contributed by atoms with Gasteiger partial charge in [0.25, 0.3) is 0 Å². The Labute approximate surface area is 249 Å². The maximum Gasteiger partial charge on any atom is 0.305 e. The van der Waals surface area contributed by atoms with E-state index in [9.17, 15) is 4.79 Å². The van der Waals surface area contributed by atoms with E-state index in [2.05, 4.69) is 85.6 Å². The molecule has 3 aliphatic rings. The molecule has 0 spiro atoms. The average Bonchev–Trinajstić information content (AvgIpc) is 2.84. The van der Waals surface area contributed by atoms with Crippen LogP contribution in [0.1, 0.15) is 106 Å². The van der Waals surface area contributed by atoms with Gasteiger partial charge in [0.1, 0.15) is 6.10 Å². The summed E-state index contributed by atoms with van der Waals surface area (Å²) in [6.45, 7) is 23.5. The van der Waals surface area contributed by atoms with Crippen molar-refractivity contribution >= 4 is 22.6 Å². The fourth-order valence-corrected chi connectivity index (χ4v) is 8.82. The first-order chi connectivity index (χ1) is 18.5. The van der Waals surface area contributed by atoms with Crippen LogP contribution in [0.3, 0.4) is 0 Å². The second kappa shape index (κ2) is 13.2. The van der Waals surface area contributed by atoms with Gasteiger partial charge >= 0.3 is 5.97 Å². The molecule has 40 heavy (non-hydrogen) atoms. The molecule has 3 rings (SSSR count). The second-order valence-electron chi connectivity index (χ2n) is 15.9. The van der Waals surface area contributed by atoms with Crippen LogP contribution in [0.15, 0.2) is 11.6 Å². The van der Waals surface area contributed by atoms with Gasteiger partial charge < -0.3 is 13.6 Å². The quantitative estimate of drug-likeness (QED) is 0.123. The number of ether oxygens (including phenoxy) is 1. The molecule has 0 N–H and O–H groups in total. The van der Waals surface area contributed by atoms with Crippen LogP contribution < -0.4 is 0 Å². The molecule has 0 saturated heterocycles. The highest BCUT2D eigenvalue weighted by Crippen LogP contribution is 2.53. The van der Waals surface area contributed by atoms with Crippen molar-refractivity contribution in [1.82, 2.24) is 0 Å². The zero-order valence-electron chi connectivity index (χ0n) is 27.7. The summed E-state index contributed by atoms with van der Waals surface area (Å²) in [6.07, 6.45) is 13.5. The summed E-state index contributed by atoms with van der Waals surface area (Å²) in [5, 5.41) is 0.347. The minimum absolute atomic E-state index is 0.0326. The summed E-state index contributed by atoms with van der Waals surface area (Å²) in [7, 11) is -2.40. The Kier molecular flexibility index (Phi) is 11.1. The van der Waals surface area contributed by atoms with Crippen LogP contribution >= 0.6 is 0 Å². The van der Waals surface area contributed by atoms with Crippen molar-refractivity contribution < 1.29 is 18.4 Å². The first kappa shape index (κ1) is 33.6. The molecule has 6 heteroatoms. The molecule has 0 aromatic rings. The zero-order chi connectivity index (χ0) is 29.9. The smallest absolute Gasteiger partial charge is 0.305 e. The lowest BCUT2D eigenvalue weighted by atomic mass is 9.57. The predicted octanol–water partition coefficient (Wildman–Crippen LogP) is 9.28. The number of hydrogen-bond acceptors (Lipinski definition) is 4. The highest BCUT2D eigenvalue weighted by atomic mass is 28.4. The lowest BCUT2D eigenvalue weighted by Gasteiger charge is -2.52. The van der Waals surface area contributed by atoms with E-state index >= 15 is 0 Å². The Hall–Kier alpha value is -0.876. The fourth-order valence-electron chi connectivity index (χ4n) is 6.21. The van der Waals surface area contributed by atoms with Gasteiger partial charge in [0.05, 0.1) is 13.2 Å². The van der Waals surface area contributed by atoms with Crippen LogP contribution in [0, 0.1) is 35.5 Å². The van der Waals surface area contributed by atoms with Gasteiger partial charge in [-0.3, -0.25) is 4.79 Å². The summed E-state index contributed by atoms with van der Waals surface area (Å²) in [5.41, 5.74) is 1.52. The van der Waals surface area contributed by atoms with Crippen molar-refractivity contribution in [2.75, 3.05) is 7.11 Å². The Morgan fingerprint density at radius 3 is 2.15 bits per heavy atom.